The standard InChI is InChI=1S/C43H27N3/c1-2-7-30(8-3-1)39-27-40(37-12-5-4-11-35(37)29-23-25-44-26-24-29)46-43(45-39)34-17-13-28(14-18-34)36-21-19-33-16-15-31-9-6-10-32-20-22-38(36)42(33)41(31)32/h1-27H. The van der Waals surface area contributed by atoms with E-state index in [2.05, 4.69) is 126 Å². The van der Waals surface area contributed by atoms with Crippen LogP contribution < -0.4 is 0 Å². The van der Waals surface area contributed by atoms with E-state index in [1.807, 2.05) is 42.7 Å². The minimum atomic E-state index is 0.697. The van der Waals surface area contributed by atoms with Gasteiger partial charge in [0.1, 0.15) is 0 Å². The summed E-state index contributed by atoms with van der Waals surface area (Å²) < 4.78 is 0. The van der Waals surface area contributed by atoms with Gasteiger partial charge in [-0.15, -0.1) is 0 Å². The predicted molar refractivity (Wildman–Crippen MR) is 191 cm³/mol. The highest BCUT2D eigenvalue weighted by atomic mass is 14.9. The molecule has 0 atom stereocenters. The molecular weight excluding hydrogens is 558 g/mol. The molecule has 214 valence electrons. The Labute approximate surface area is 266 Å². The minimum Gasteiger partial charge on any atom is -0.265 e. The van der Waals surface area contributed by atoms with Crippen LogP contribution in [0.4, 0.5) is 0 Å². The molecule has 0 aliphatic heterocycles. The fourth-order valence-corrected chi connectivity index (χ4v) is 6.75. The molecule has 0 amide bonds. The number of nitrogens with zero attached hydrogens (tertiary/aromatic N) is 3. The van der Waals surface area contributed by atoms with Crippen molar-refractivity contribution in [2.24, 2.45) is 0 Å². The first-order chi connectivity index (χ1) is 22.8. The Bertz CT molecular complexity index is 2490. The average molecular weight is 586 g/mol. The van der Waals surface area contributed by atoms with Gasteiger partial charge in [0.15, 0.2) is 5.82 Å². The maximum absolute atomic E-state index is 5.17. The second kappa shape index (κ2) is 10.8. The molecule has 46 heavy (non-hydrogen) atoms. The Morgan fingerprint density at radius 3 is 1.74 bits per heavy atom. The molecule has 0 aliphatic rings. The number of hydrogen-bond donors (Lipinski definition) is 0. The van der Waals surface area contributed by atoms with Crippen molar-refractivity contribution < 1.29 is 0 Å². The lowest BCUT2D eigenvalue weighted by Gasteiger charge is -2.15. The minimum absolute atomic E-state index is 0.697. The van der Waals surface area contributed by atoms with E-state index >= 15 is 0 Å². The summed E-state index contributed by atoms with van der Waals surface area (Å²) in [4.78, 5) is 14.5. The third-order valence-electron chi connectivity index (χ3n) is 8.97. The van der Waals surface area contributed by atoms with E-state index in [0.717, 1.165) is 39.2 Å². The Balaban J connectivity index is 1.18. The molecule has 3 nitrogen and oxygen atoms in total. The topological polar surface area (TPSA) is 38.7 Å². The zero-order chi connectivity index (χ0) is 30.5. The number of hydrogen-bond acceptors (Lipinski definition) is 3. The maximum Gasteiger partial charge on any atom is 0.160 e. The molecule has 0 saturated heterocycles. The summed E-state index contributed by atoms with van der Waals surface area (Å²) in [5.41, 5.74) is 9.46. The quantitative estimate of drug-likeness (QED) is 0.189. The fourth-order valence-electron chi connectivity index (χ4n) is 6.75. The number of rotatable bonds is 5. The zero-order valence-electron chi connectivity index (χ0n) is 24.9. The van der Waals surface area contributed by atoms with Gasteiger partial charge in [-0.25, -0.2) is 9.97 Å². The predicted octanol–water partition coefficient (Wildman–Crippen LogP) is 11.1. The van der Waals surface area contributed by atoms with Crippen molar-refractivity contribution in [2.45, 2.75) is 0 Å². The monoisotopic (exact) mass is 585 g/mol. The first kappa shape index (κ1) is 26.2. The summed E-state index contributed by atoms with van der Waals surface area (Å²) in [6.45, 7) is 0. The van der Waals surface area contributed by atoms with Gasteiger partial charge in [-0.2, -0.15) is 0 Å². The van der Waals surface area contributed by atoms with E-state index < -0.39 is 0 Å². The Morgan fingerprint density at radius 2 is 0.957 bits per heavy atom. The van der Waals surface area contributed by atoms with Gasteiger partial charge in [0, 0.05) is 29.1 Å². The molecule has 7 aromatic carbocycles. The number of benzene rings is 7. The van der Waals surface area contributed by atoms with Crippen molar-refractivity contribution in [1.29, 1.82) is 0 Å². The molecule has 2 heterocycles. The summed E-state index contributed by atoms with van der Waals surface area (Å²) >= 11 is 0. The van der Waals surface area contributed by atoms with E-state index in [1.54, 1.807) is 0 Å². The van der Waals surface area contributed by atoms with Crippen LogP contribution in [0.3, 0.4) is 0 Å². The summed E-state index contributed by atoms with van der Waals surface area (Å²) in [5.74, 6) is 0.697. The van der Waals surface area contributed by atoms with Crippen LogP contribution in [-0.4, -0.2) is 15.0 Å². The van der Waals surface area contributed by atoms with Crippen molar-refractivity contribution in [1.82, 2.24) is 15.0 Å². The molecule has 0 unspecified atom stereocenters. The van der Waals surface area contributed by atoms with Gasteiger partial charge in [-0.05, 0) is 72.8 Å². The lowest BCUT2D eigenvalue weighted by atomic mass is 9.90. The molecule has 0 fully saturated rings. The van der Waals surface area contributed by atoms with Crippen LogP contribution in [0.2, 0.25) is 0 Å². The van der Waals surface area contributed by atoms with E-state index in [4.69, 9.17) is 9.97 Å². The molecule has 0 radical (unpaired) electrons. The first-order valence-corrected chi connectivity index (χ1v) is 15.5. The normalized spacial score (nSPS) is 11.5. The third kappa shape index (κ3) is 4.41. The maximum atomic E-state index is 5.17. The fraction of sp³-hybridized carbons (Fsp3) is 0. The molecule has 9 rings (SSSR count). The van der Waals surface area contributed by atoms with Crippen LogP contribution in [0.15, 0.2) is 164 Å². The number of aromatic nitrogens is 3. The van der Waals surface area contributed by atoms with Crippen molar-refractivity contribution in [3.63, 3.8) is 0 Å². The molecule has 0 aliphatic carbocycles. The highest BCUT2D eigenvalue weighted by Gasteiger charge is 2.15. The Hall–Kier alpha value is -6.19. The molecule has 0 N–H and O–H groups in total. The summed E-state index contributed by atoms with van der Waals surface area (Å²) in [6.07, 6.45) is 3.66. The highest BCUT2D eigenvalue weighted by molar-refractivity contribution is 6.25. The molecule has 0 spiro atoms. The first-order valence-electron chi connectivity index (χ1n) is 15.5. The number of pyridine rings is 1. The van der Waals surface area contributed by atoms with E-state index in [9.17, 15) is 0 Å². The lowest BCUT2D eigenvalue weighted by molar-refractivity contribution is 1.18. The SMILES string of the molecule is c1ccc(-c2cc(-c3ccccc3-c3ccncc3)nc(-c3ccc(-c4ccc5ccc6cccc7ccc4c5c67)cc3)n2)cc1. The molecule has 2 aromatic heterocycles. The van der Waals surface area contributed by atoms with Crippen LogP contribution in [-0.2, 0) is 0 Å². The largest absolute Gasteiger partial charge is 0.265 e. The second-order valence-corrected chi connectivity index (χ2v) is 11.7. The molecule has 0 saturated carbocycles. The Morgan fingerprint density at radius 1 is 0.348 bits per heavy atom. The van der Waals surface area contributed by atoms with Crippen LogP contribution in [0.1, 0.15) is 0 Å². The van der Waals surface area contributed by atoms with Gasteiger partial charge in [-0.1, -0.05) is 133 Å². The third-order valence-corrected chi connectivity index (χ3v) is 8.97. The molecule has 3 heteroatoms. The molecule has 9 aromatic rings. The van der Waals surface area contributed by atoms with E-state index in [-0.39, 0.29) is 0 Å². The van der Waals surface area contributed by atoms with Crippen molar-refractivity contribution in [3.05, 3.63) is 164 Å². The summed E-state index contributed by atoms with van der Waals surface area (Å²) in [6, 6.07) is 53.6. The second-order valence-electron chi connectivity index (χ2n) is 11.7. The van der Waals surface area contributed by atoms with Gasteiger partial charge >= 0.3 is 0 Å². The van der Waals surface area contributed by atoms with E-state index in [1.165, 1.54) is 43.4 Å². The van der Waals surface area contributed by atoms with Crippen molar-refractivity contribution in [3.8, 4) is 56.2 Å². The average Bonchev–Trinajstić information content (AvgIpc) is 3.14. The zero-order valence-corrected chi connectivity index (χ0v) is 24.9. The van der Waals surface area contributed by atoms with Crippen molar-refractivity contribution in [2.75, 3.05) is 0 Å². The van der Waals surface area contributed by atoms with Crippen LogP contribution in [0, 0.1) is 0 Å². The van der Waals surface area contributed by atoms with Gasteiger partial charge in [0.25, 0.3) is 0 Å². The highest BCUT2D eigenvalue weighted by Crippen LogP contribution is 2.40. The van der Waals surface area contributed by atoms with Crippen molar-refractivity contribution >= 4 is 32.3 Å². The van der Waals surface area contributed by atoms with Crippen LogP contribution >= 0.6 is 0 Å². The van der Waals surface area contributed by atoms with Gasteiger partial charge in [-0.3, -0.25) is 4.98 Å². The molecule has 0 bridgehead atoms. The Kier molecular flexibility index (Phi) is 6.14. The summed E-state index contributed by atoms with van der Waals surface area (Å²) in [5, 5.41) is 7.76. The molecular formula is C43H27N3. The van der Waals surface area contributed by atoms with Gasteiger partial charge in [0.2, 0.25) is 0 Å². The van der Waals surface area contributed by atoms with Crippen LogP contribution in [0.5, 0.6) is 0 Å². The summed E-state index contributed by atoms with van der Waals surface area (Å²) in [7, 11) is 0. The lowest BCUT2D eigenvalue weighted by Crippen LogP contribution is -1.97. The smallest absolute Gasteiger partial charge is 0.160 e. The van der Waals surface area contributed by atoms with Gasteiger partial charge < -0.3 is 0 Å². The van der Waals surface area contributed by atoms with Crippen LogP contribution in [0.25, 0.3) is 88.5 Å². The van der Waals surface area contributed by atoms with E-state index in [0.29, 0.717) is 5.82 Å². The van der Waals surface area contributed by atoms with Gasteiger partial charge in [0.05, 0.1) is 11.4 Å².